The normalized spacial score (nSPS) is 22.3. The smallest absolute Gasteiger partial charge is 0.232 e. The number of hydrogen-bond donors (Lipinski definition) is 1. The van der Waals surface area contributed by atoms with E-state index in [2.05, 4.69) is 41.4 Å². The Labute approximate surface area is 123 Å². The quantitative estimate of drug-likeness (QED) is 0.938. The number of nitrogens with one attached hydrogen (secondary N) is 1. The minimum absolute atomic E-state index is 0.326. The summed E-state index contributed by atoms with van der Waals surface area (Å²) >= 11 is 1.94. The SMILES string of the molecule is CCNC1CSCC1c1nc(-c2ccc(C)cc2)no1. The third-order valence-electron chi connectivity index (χ3n) is 3.62. The van der Waals surface area contributed by atoms with Gasteiger partial charge in [-0.1, -0.05) is 41.9 Å². The Kier molecular flexibility index (Phi) is 4.08. The molecule has 2 unspecified atom stereocenters. The van der Waals surface area contributed by atoms with E-state index >= 15 is 0 Å². The van der Waals surface area contributed by atoms with Crippen LogP contribution in [0.2, 0.25) is 0 Å². The number of nitrogens with zero attached hydrogens (tertiary/aromatic N) is 2. The summed E-state index contributed by atoms with van der Waals surface area (Å²) in [6.07, 6.45) is 0. The lowest BCUT2D eigenvalue weighted by molar-refractivity contribution is 0.340. The van der Waals surface area contributed by atoms with E-state index in [-0.39, 0.29) is 0 Å². The van der Waals surface area contributed by atoms with E-state index in [9.17, 15) is 0 Å². The van der Waals surface area contributed by atoms with Crippen LogP contribution in [0.25, 0.3) is 11.4 Å². The van der Waals surface area contributed by atoms with Gasteiger partial charge in [-0.2, -0.15) is 16.7 Å². The van der Waals surface area contributed by atoms with Crippen molar-refractivity contribution in [3.05, 3.63) is 35.7 Å². The van der Waals surface area contributed by atoms with Crippen molar-refractivity contribution in [2.75, 3.05) is 18.1 Å². The molecule has 2 heterocycles. The van der Waals surface area contributed by atoms with Crippen LogP contribution in [0, 0.1) is 6.92 Å². The number of rotatable bonds is 4. The first-order valence-corrected chi connectivity index (χ1v) is 8.15. The average molecular weight is 289 g/mol. The molecule has 0 spiro atoms. The third-order valence-corrected chi connectivity index (χ3v) is 4.81. The summed E-state index contributed by atoms with van der Waals surface area (Å²) in [4.78, 5) is 4.59. The molecule has 0 bridgehead atoms. The summed E-state index contributed by atoms with van der Waals surface area (Å²) in [7, 11) is 0. The summed E-state index contributed by atoms with van der Waals surface area (Å²) in [6.45, 7) is 5.18. The highest BCUT2D eigenvalue weighted by Gasteiger charge is 2.32. The molecule has 1 N–H and O–H groups in total. The fraction of sp³-hybridized carbons (Fsp3) is 0.467. The summed E-state index contributed by atoms with van der Waals surface area (Å²) < 4.78 is 5.50. The van der Waals surface area contributed by atoms with Crippen molar-refractivity contribution in [2.45, 2.75) is 25.8 Å². The standard InChI is InChI=1S/C15H19N3OS/c1-3-16-13-9-20-8-12(13)15-17-14(18-19-15)11-6-4-10(2)5-7-11/h4-7,12-13,16H,3,8-9H2,1-2H3. The van der Waals surface area contributed by atoms with Gasteiger partial charge < -0.3 is 9.84 Å². The van der Waals surface area contributed by atoms with Gasteiger partial charge in [0, 0.05) is 23.1 Å². The Hall–Kier alpha value is -1.33. The summed E-state index contributed by atoms with van der Waals surface area (Å²) in [5.41, 5.74) is 2.24. The Bertz CT molecular complexity index is 567. The summed E-state index contributed by atoms with van der Waals surface area (Å²) in [5, 5.41) is 7.63. The molecule has 0 radical (unpaired) electrons. The zero-order valence-corrected chi connectivity index (χ0v) is 12.6. The van der Waals surface area contributed by atoms with Crippen molar-refractivity contribution in [3.8, 4) is 11.4 Å². The predicted octanol–water partition coefficient (Wildman–Crippen LogP) is 2.85. The summed E-state index contributed by atoms with van der Waals surface area (Å²) in [6, 6.07) is 8.65. The van der Waals surface area contributed by atoms with E-state index < -0.39 is 0 Å². The molecule has 1 aliphatic rings. The van der Waals surface area contributed by atoms with Crippen molar-refractivity contribution >= 4 is 11.8 Å². The molecule has 0 aliphatic carbocycles. The fourth-order valence-electron chi connectivity index (χ4n) is 2.47. The molecule has 2 atom stereocenters. The molecule has 1 aliphatic heterocycles. The van der Waals surface area contributed by atoms with E-state index in [0.29, 0.717) is 17.8 Å². The van der Waals surface area contributed by atoms with Crippen LogP contribution in [0.3, 0.4) is 0 Å². The Morgan fingerprint density at radius 3 is 2.85 bits per heavy atom. The molecule has 5 heteroatoms. The van der Waals surface area contributed by atoms with E-state index in [1.54, 1.807) is 0 Å². The number of aromatic nitrogens is 2. The first kappa shape index (κ1) is 13.6. The maximum atomic E-state index is 5.50. The minimum atomic E-state index is 0.326. The second kappa shape index (κ2) is 5.97. The number of aryl methyl sites for hydroxylation is 1. The van der Waals surface area contributed by atoms with Gasteiger partial charge in [-0.05, 0) is 13.5 Å². The third kappa shape index (κ3) is 2.74. The maximum Gasteiger partial charge on any atom is 0.232 e. The van der Waals surface area contributed by atoms with Crippen LogP contribution in [0.1, 0.15) is 24.3 Å². The number of hydrogen-bond acceptors (Lipinski definition) is 5. The topological polar surface area (TPSA) is 51.0 Å². The summed E-state index contributed by atoms with van der Waals surface area (Å²) in [5.74, 6) is 3.93. The second-order valence-corrected chi connectivity index (χ2v) is 6.21. The monoisotopic (exact) mass is 289 g/mol. The average Bonchev–Trinajstić information content (AvgIpc) is 3.08. The van der Waals surface area contributed by atoms with Crippen LogP contribution in [0.15, 0.2) is 28.8 Å². The molecule has 4 nitrogen and oxygen atoms in total. The van der Waals surface area contributed by atoms with Gasteiger partial charge in [0.15, 0.2) is 0 Å². The van der Waals surface area contributed by atoms with E-state index in [4.69, 9.17) is 4.52 Å². The molecule has 1 aromatic carbocycles. The first-order valence-electron chi connectivity index (χ1n) is 6.99. The first-order chi connectivity index (χ1) is 9.78. The highest BCUT2D eigenvalue weighted by atomic mass is 32.2. The van der Waals surface area contributed by atoms with Gasteiger partial charge >= 0.3 is 0 Å². The molecule has 3 rings (SSSR count). The van der Waals surface area contributed by atoms with Crippen molar-refractivity contribution in [3.63, 3.8) is 0 Å². The largest absolute Gasteiger partial charge is 0.339 e. The number of likely N-dealkylation sites (N-methyl/N-ethyl adjacent to an activating group) is 1. The number of benzene rings is 1. The molecular formula is C15H19N3OS. The zero-order valence-electron chi connectivity index (χ0n) is 11.8. The van der Waals surface area contributed by atoms with Crippen LogP contribution in [-0.4, -0.2) is 34.2 Å². The lowest BCUT2D eigenvalue weighted by Gasteiger charge is -2.15. The van der Waals surface area contributed by atoms with Gasteiger partial charge in [0.25, 0.3) is 0 Å². The minimum Gasteiger partial charge on any atom is -0.339 e. The Morgan fingerprint density at radius 1 is 1.30 bits per heavy atom. The highest BCUT2D eigenvalue weighted by Crippen LogP contribution is 2.32. The fourth-order valence-corrected chi connectivity index (χ4v) is 3.84. The van der Waals surface area contributed by atoms with Gasteiger partial charge in [0.1, 0.15) is 0 Å². The van der Waals surface area contributed by atoms with Gasteiger partial charge in [-0.15, -0.1) is 0 Å². The van der Waals surface area contributed by atoms with Crippen LogP contribution >= 0.6 is 11.8 Å². The highest BCUT2D eigenvalue weighted by molar-refractivity contribution is 7.99. The van der Waals surface area contributed by atoms with E-state index in [1.807, 2.05) is 23.9 Å². The molecule has 106 valence electrons. The zero-order chi connectivity index (χ0) is 13.9. The van der Waals surface area contributed by atoms with Crippen LogP contribution in [0.5, 0.6) is 0 Å². The molecule has 2 aromatic rings. The van der Waals surface area contributed by atoms with Gasteiger partial charge in [0.2, 0.25) is 11.7 Å². The molecular weight excluding hydrogens is 270 g/mol. The molecule has 20 heavy (non-hydrogen) atoms. The lowest BCUT2D eigenvalue weighted by Crippen LogP contribution is -2.34. The van der Waals surface area contributed by atoms with Gasteiger partial charge in [-0.3, -0.25) is 0 Å². The van der Waals surface area contributed by atoms with Gasteiger partial charge in [0.05, 0.1) is 5.92 Å². The van der Waals surface area contributed by atoms with Crippen LogP contribution in [-0.2, 0) is 0 Å². The van der Waals surface area contributed by atoms with Crippen molar-refractivity contribution in [1.82, 2.24) is 15.5 Å². The second-order valence-electron chi connectivity index (χ2n) is 5.13. The van der Waals surface area contributed by atoms with Crippen molar-refractivity contribution in [1.29, 1.82) is 0 Å². The molecule has 0 amide bonds. The van der Waals surface area contributed by atoms with Crippen LogP contribution in [0.4, 0.5) is 0 Å². The molecule has 1 aromatic heterocycles. The predicted molar refractivity (Wildman–Crippen MR) is 82.0 cm³/mol. The van der Waals surface area contributed by atoms with Crippen LogP contribution < -0.4 is 5.32 Å². The van der Waals surface area contributed by atoms with Gasteiger partial charge in [-0.25, -0.2) is 0 Å². The molecule has 1 saturated heterocycles. The van der Waals surface area contributed by atoms with Crippen molar-refractivity contribution < 1.29 is 4.52 Å². The maximum absolute atomic E-state index is 5.50. The van der Waals surface area contributed by atoms with E-state index in [1.165, 1.54) is 5.56 Å². The number of thioether (sulfide) groups is 1. The van der Waals surface area contributed by atoms with Crippen molar-refractivity contribution in [2.24, 2.45) is 0 Å². The molecule has 1 fully saturated rings. The van der Waals surface area contributed by atoms with E-state index in [0.717, 1.165) is 29.5 Å². The molecule has 0 saturated carbocycles. The lowest BCUT2D eigenvalue weighted by atomic mass is 10.0. The Balaban J connectivity index is 1.81. The Morgan fingerprint density at radius 2 is 2.10 bits per heavy atom.